The predicted octanol–water partition coefficient (Wildman–Crippen LogP) is 9.04. The Labute approximate surface area is 390 Å². The number of fused-ring (bicyclic) bond motifs is 5. The number of nitrogens with one attached hydrogen (secondary N) is 4. The molecule has 10 rings (SSSR count). The van der Waals surface area contributed by atoms with E-state index in [1.165, 1.54) is 39.9 Å². The van der Waals surface area contributed by atoms with E-state index in [2.05, 4.69) is 67.6 Å². The van der Waals surface area contributed by atoms with Crippen LogP contribution in [0.15, 0.2) is 54.9 Å². The summed E-state index contributed by atoms with van der Waals surface area (Å²) in [5.74, 6) is 2.12. The third-order valence-corrected chi connectivity index (χ3v) is 15.3. The summed E-state index contributed by atoms with van der Waals surface area (Å²) in [5, 5.41) is 6.57. The summed E-state index contributed by atoms with van der Waals surface area (Å²) in [6.07, 6.45) is 12.9. The van der Waals surface area contributed by atoms with Gasteiger partial charge in [0.2, 0.25) is 11.8 Å². The zero-order chi connectivity index (χ0) is 46.7. The fraction of sp³-hybridized carbons (Fsp3) is 0.529. The van der Waals surface area contributed by atoms with Gasteiger partial charge in [-0.25, -0.2) is 19.6 Å². The highest BCUT2D eigenvalue weighted by molar-refractivity contribution is 5.92. The van der Waals surface area contributed by atoms with Crippen LogP contribution in [0.4, 0.5) is 9.59 Å². The van der Waals surface area contributed by atoms with Gasteiger partial charge in [0.15, 0.2) is 6.23 Å². The minimum absolute atomic E-state index is 0.118. The average Bonchev–Trinajstić information content (AvgIpc) is 4.04. The fourth-order valence-electron chi connectivity index (χ4n) is 11.3. The number of aromatic nitrogens is 5. The van der Waals surface area contributed by atoms with Crippen molar-refractivity contribution in [1.29, 1.82) is 0 Å². The van der Waals surface area contributed by atoms with E-state index < -0.39 is 24.3 Å². The van der Waals surface area contributed by atoms with Crippen LogP contribution in [0.1, 0.15) is 122 Å². The Bertz CT molecular complexity index is 2690. The maximum absolute atomic E-state index is 13.8. The quantitative estimate of drug-likeness (QED) is 0.100. The number of H-pyrrole nitrogens is 2. The van der Waals surface area contributed by atoms with E-state index in [4.69, 9.17) is 24.2 Å². The third kappa shape index (κ3) is 8.30. The molecule has 0 bridgehead atoms. The number of benzene rings is 2. The molecule has 67 heavy (non-hydrogen) atoms. The van der Waals surface area contributed by atoms with Crippen molar-refractivity contribution in [1.82, 2.24) is 44.9 Å². The number of imidazole rings is 2. The molecule has 2 aromatic carbocycles. The first-order chi connectivity index (χ1) is 32.3. The Hall–Kier alpha value is -6.32. The van der Waals surface area contributed by atoms with Gasteiger partial charge in [-0.2, -0.15) is 0 Å². The van der Waals surface area contributed by atoms with Gasteiger partial charge >= 0.3 is 12.2 Å². The van der Waals surface area contributed by atoms with Crippen molar-refractivity contribution in [2.75, 3.05) is 27.3 Å². The monoisotopic (exact) mass is 913 g/mol. The lowest BCUT2D eigenvalue weighted by Gasteiger charge is -2.38. The SMILES string of the molecule is COC(=O)N[C@H](C(=O)N1CCC[C@H]1c1ncc(-c2ccc3c(c2)OC(C2CCC4(CC2)CC4)n2c-3cc3cc(-c4cnc([C@@H]5CCCN5C(=O)[C@@H](NC(=O)OC)C(C)C)[nH]4)ccc32)[nH]1)C(C)C. The normalized spacial score (nSPS) is 21.8. The molecule has 6 heterocycles. The molecule has 5 aliphatic rings. The lowest BCUT2D eigenvalue weighted by atomic mass is 9.78. The van der Waals surface area contributed by atoms with E-state index in [9.17, 15) is 19.2 Å². The molecule has 4 amide bonds. The first kappa shape index (κ1) is 44.5. The second-order valence-electron chi connectivity index (χ2n) is 20.2. The summed E-state index contributed by atoms with van der Waals surface area (Å²) >= 11 is 0. The van der Waals surface area contributed by atoms with Crippen LogP contribution in [-0.2, 0) is 19.1 Å². The number of alkyl carbamates (subject to hydrolysis) is 2. The van der Waals surface area contributed by atoms with Crippen molar-refractivity contribution in [3.8, 4) is 39.5 Å². The minimum Gasteiger partial charge on any atom is -0.469 e. The summed E-state index contributed by atoms with van der Waals surface area (Å²) in [4.78, 5) is 72.3. The molecule has 2 saturated carbocycles. The first-order valence-electron chi connectivity index (χ1n) is 24.2. The van der Waals surface area contributed by atoms with Crippen molar-refractivity contribution in [3.05, 3.63) is 66.5 Å². The van der Waals surface area contributed by atoms with E-state index >= 15 is 0 Å². The second kappa shape index (κ2) is 17.7. The molecule has 5 atom stereocenters. The van der Waals surface area contributed by atoms with Gasteiger partial charge in [0, 0.05) is 41.1 Å². The van der Waals surface area contributed by atoms with E-state index in [0.717, 1.165) is 101 Å². The van der Waals surface area contributed by atoms with Crippen LogP contribution in [0.5, 0.6) is 5.75 Å². The molecule has 3 aliphatic heterocycles. The highest BCUT2D eigenvalue weighted by atomic mass is 16.5. The number of carbonyl (C=O) groups is 4. The zero-order valence-corrected chi connectivity index (χ0v) is 39.4. The van der Waals surface area contributed by atoms with Crippen LogP contribution in [0, 0.1) is 23.2 Å². The van der Waals surface area contributed by atoms with E-state index in [-0.39, 0.29) is 42.0 Å². The molecule has 5 aromatic rings. The molecule has 1 spiro atoms. The molecule has 2 aliphatic carbocycles. The van der Waals surface area contributed by atoms with Gasteiger partial charge in [-0.3, -0.25) is 9.59 Å². The molecular formula is C51H63N9O7. The number of carbonyl (C=O) groups excluding carboxylic acids is 4. The van der Waals surface area contributed by atoms with Crippen molar-refractivity contribution in [2.24, 2.45) is 23.2 Å². The predicted molar refractivity (Wildman–Crippen MR) is 252 cm³/mol. The van der Waals surface area contributed by atoms with Crippen LogP contribution < -0.4 is 15.4 Å². The highest BCUT2D eigenvalue weighted by Gasteiger charge is 2.47. The maximum atomic E-state index is 13.8. The third-order valence-electron chi connectivity index (χ3n) is 15.3. The molecule has 16 heteroatoms. The van der Waals surface area contributed by atoms with Gasteiger partial charge in [0.05, 0.1) is 61.3 Å². The van der Waals surface area contributed by atoms with E-state index in [1.807, 2.05) is 49.9 Å². The van der Waals surface area contributed by atoms with Gasteiger partial charge < -0.3 is 49.2 Å². The Morgan fingerprint density at radius 2 is 1.25 bits per heavy atom. The molecular weight excluding hydrogens is 851 g/mol. The maximum Gasteiger partial charge on any atom is 0.407 e. The second-order valence-corrected chi connectivity index (χ2v) is 20.2. The van der Waals surface area contributed by atoms with E-state index in [0.29, 0.717) is 24.4 Å². The first-order valence-corrected chi connectivity index (χ1v) is 24.2. The number of ether oxygens (including phenoxy) is 3. The number of rotatable bonds is 11. The largest absolute Gasteiger partial charge is 0.469 e. The number of likely N-dealkylation sites (tertiary alicyclic amines) is 2. The number of hydrogen-bond donors (Lipinski definition) is 4. The molecule has 3 aromatic heterocycles. The van der Waals surface area contributed by atoms with Crippen molar-refractivity contribution >= 4 is 34.9 Å². The van der Waals surface area contributed by atoms with Crippen LogP contribution in [0.25, 0.3) is 44.7 Å². The zero-order valence-electron chi connectivity index (χ0n) is 39.4. The lowest BCUT2D eigenvalue weighted by Crippen LogP contribution is -2.51. The Morgan fingerprint density at radius 3 is 1.78 bits per heavy atom. The summed E-state index contributed by atoms with van der Waals surface area (Å²) in [6, 6.07) is 13.3. The number of amides is 4. The number of nitrogens with zero attached hydrogens (tertiary/aromatic N) is 5. The molecule has 354 valence electrons. The Kier molecular flexibility index (Phi) is 11.8. The van der Waals surface area contributed by atoms with Crippen molar-refractivity contribution in [3.63, 3.8) is 0 Å². The molecule has 1 unspecified atom stereocenters. The minimum atomic E-state index is -0.706. The molecule has 2 saturated heterocycles. The highest BCUT2D eigenvalue weighted by Crippen LogP contribution is 2.59. The Morgan fingerprint density at radius 1 is 0.716 bits per heavy atom. The summed E-state index contributed by atoms with van der Waals surface area (Å²) in [7, 11) is 2.60. The summed E-state index contributed by atoms with van der Waals surface area (Å²) < 4.78 is 19.2. The Balaban J connectivity index is 0.934. The molecule has 16 nitrogen and oxygen atoms in total. The van der Waals surface area contributed by atoms with Gasteiger partial charge in [-0.1, -0.05) is 39.8 Å². The number of hydrogen-bond acceptors (Lipinski definition) is 9. The van der Waals surface area contributed by atoms with Gasteiger partial charge in [0.1, 0.15) is 29.5 Å². The van der Waals surface area contributed by atoms with Crippen LogP contribution >= 0.6 is 0 Å². The van der Waals surface area contributed by atoms with Gasteiger partial charge in [-0.15, -0.1) is 0 Å². The smallest absolute Gasteiger partial charge is 0.407 e. The van der Waals surface area contributed by atoms with Crippen LogP contribution in [0.3, 0.4) is 0 Å². The fourth-order valence-corrected chi connectivity index (χ4v) is 11.3. The number of aromatic amines is 2. The number of methoxy groups -OCH3 is 2. The molecule has 4 fully saturated rings. The summed E-state index contributed by atoms with van der Waals surface area (Å²) in [5.41, 5.74) is 7.46. The van der Waals surface area contributed by atoms with Crippen LogP contribution in [-0.4, -0.2) is 97.7 Å². The standard InChI is InChI=1S/C51H63N9O7/c1-28(2)42(56-49(63)65-5)46(61)58-21-7-9-38(58)44-52-26-35(54-44)31-12-14-37-33(23-31)24-40-34-13-11-32(25-41(34)67-48(60(37)40)30-15-17-51(18-16-30)19-20-51)36-27-53-45(55-36)39-10-8-22-59(39)47(62)43(29(3)4)57-50(64)66-6/h11-14,23-30,38-39,42-43,48H,7-10,15-22H2,1-6H3,(H,52,54)(H,53,55)(H,56,63)(H,57,64)/t38-,39-,42-,43-,48?/m0/s1. The lowest BCUT2D eigenvalue weighted by molar-refractivity contribution is -0.136. The van der Waals surface area contributed by atoms with Gasteiger partial charge in [0.25, 0.3) is 0 Å². The van der Waals surface area contributed by atoms with E-state index in [1.54, 1.807) is 0 Å². The van der Waals surface area contributed by atoms with Crippen LogP contribution in [0.2, 0.25) is 0 Å². The van der Waals surface area contributed by atoms with Crippen molar-refractivity contribution < 1.29 is 33.4 Å². The summed E-state index contributed by atoms with van der Waals surface area (Å²) in [6.45, 7) is 8.83. The topological polar surface area (TPSA) is 189 Å². The van der Waals surface area contributed by atoms with Gasteiger partial charge in [-0.05, 0) is 112 Å². The van der Waals surface area contributed by atoms with Crippen molar-refractivity contribution in [2.45, 2.75) is 122 Å². The molecule has 4 N–H and O–H groups in total. The molecule has 0 radical (unpaired) electrons. The average molecular weight is 914 g/mol.